The average molecular weight is 215 g/mol. The maximum absolute atomic E-state index is 5.44. The van der Waals surface area contributed by atoms with Gasteiger partial charge < -0.3 is 4.74 Å². The van der Waals surface area contributed by atoms with Crippen molar-refractivity contribution in [3.05, 3.63) is 40.7 Å². The van der Waals surface area contributed by atoms with Crippen LogP contribution in [0.4, 0.5) is 0 Å². The van der Waals surface area contributed by atoms with E-state index in [9.17, 15) is 0 Å². The number of pyridine rings is 1. The number of ether oxygens (including phenoxy) is 1. The highest BCUT2D eigenvalue weighted by Crippen LogP contribution is 2.25. The first-order chi connectivity index (χ1) is 7.72. The molecule has 0 fully saturated rings. The summed E-state index contributed by atoms with van der Waals surface area (Å²) in [6, 6.07) is 0. The Labute approximate surface area is 96.7 Å². The van der Waals surface area contributed by atoms with Crippen molar-refractivity contribution in [2.24, 2.45) is 0 Å². The Kier molecular flexibility index (Phi) is 3.20. The van der Waals surface area contributed by atoms with E-state index in [0.717, 1.165) is 18.7 Å². The fourth-order valence-corrected chi connectivity index (χ4v) is 2.01. The minimum absolute atomic E-state index is 0.684. The molecule has 1 aliphatic rings. The van der Waals surface area contributed by atoms with Gasteiger partial charge in [-0.05, 0) is 37.5 Å². The molecule has 0 spiro atoms. The first-order valence-corrected chi connectivity index (χ1v) is 5.58. The second-order valence-corrected chi connectivity index (χ2v) is 4.29. The first kappa shape index (κ1) is 11.1. The summed E-state index contributed by atoms with van der Waals surface area (Å²) >= 11 is 0. The molecule has 2 heterocycles. The zero-order valence-corrected chi connectivity index (χ0v) is 9.92. The molecule has 0 atom stereocenters. The third kappa shape index (κ3) is 2.07. The Bertz CT molecular complexity index is 442. The van der Waals surface area contributed by atoms with Crippen molar-refractivity contribution in [2.45, 2.75) is 26.9 Å². The normalized spacial score (nSPS) is 14.1. The topological polar surface area (TPSA) is 22.1 Å². The number of hydrogen-bond donors (Lipinski definition) is 0. The first-order valence-electron chi connectivity index (χ1n) is 5.58. The van der Waals surface area contributed by atoms with Crippen LogP contribution in [0.1, 0.15) is 36.2 Å². The summed E-state index contributed by atoms with van der Waals surface area (Å²) in [5.41, 5.74) is 6.06. The zero-order chi connectivity index (χ0) is 11.5. The molecular formula is C14H17NO. The van der Waals surface area contributed by atoms with Gasteiger partial charge in [-0.2, -0.15) is 0 Å². The van der Waals surface area contributed by atoms with E-state index in [-0.39, 0.29) is 0 Å². The van der Waals surface area contributed by atoms with Crippen LogP contribution < -0.4 is 0 Å². The van der Waals surface area contributed by atoms with E-state index in [4.69, 9.17) is 4.74 Å². The van der Waals surface area contributed by atoms with E-state index in [0.29, 0.717) is 6.61 Å². The van der Waals surface area contributed by atoms with E-state index < -0.39 is 0 Å². The summed E-state index contributed by atoms with van der Waals surface area (Å²) < 4.78 is 5.44. The molecule has 0 aliphatic carbocycles. The number of fused-ring (bicyclic) bond motifs is 1. The van der Waals surface area contributed by atoms with Crippen molar-refractivity contribution in [2.75, 3.05) is 6.61 Å². The van der Waals surface area contributed by atoms with Crippen molar-refractivity contribution >= 4 is 12.2 Å². The van der Waals surface area contributed by atoms with Crippen LogP contribution in [0, 0.1) is 0 Å². The Balaban J connectivity index is 2.60. The number of allylic oxidation sites excluding steroid dienone is 1. The number of hydrogen-bond acceptors (Lipinski definition) is 2. The average Bonchev–Trinajstić information content (AvgIpc) is 2.29. The Morgan fingerprint density at radius 2 is 2.31 bits per heavy atom. The summed E-state index contributed by atoms with van der Waals surface area (Å²) in [5.74, 6) is 0. The molecule has 0 amide bonds. The fourth-order valence-electron chi connectivity index (χ4n) is 2.01. The quantitative estimate of drug-likeness (QED) is 0.755. The molecule has 16 heavy (non-hydrogen) atoms. The van der Waals surface area contributed by atoms with Crippen LogP contribution in [-0.4, -0.2) is 11.6 Å². The highest BCUT2D eigenvalue weighted by atomic mass is 16.5. The highest BCUT2D eigenvalue weighted by molar-refractivity contribution is 5.67. The molecule has 0 aromatic carbocycles. The highest BCUT2D eigenvalue weighted by Gasteiger charge is 2.15. The molecule has 0 bridgehead atoms. The molecule has 1 aromatic rings. The summed E-state index contributed by atoms with van der Waals surface area (Å²) in [6.07, 6.45) is 6.89. The minimum Gasteiger partial charge on any atom is -0.376 e. The molecule has 2 nitrogen and oxygen atoms in total. The second-order valence-electron chi connectivity index (χ2n) is 4.29. The third-order valence-electron chi connectivity index (χ3n) is 2.73. The lowest BCUT2D eigenvalue weighted by atomic mass is 9.96. The minimum atomic E-state index is 0.684. The van der Waals surface area contributed by atoms with E-state index in [2.05, 4.69) is 31.5 Å². The van der Waals surface area contributed by atoms with Gasteiger partial charge in [0.1, 0.15) is 0 Å². The van der Waals surface area contributed by atoms with Crippen molar-refractivity contribution in [3.8, 4) is 0 Å². The van der Waals surface area contributed by atoms with Gasteiger partial charge in [0.05, 0.1) is 18.9 Å². The smallest absolute Gasteiger partial charge is 0.0734 e. The molecule has 1 aromatic heterocycles. The maximum atomic E-state index is 5.44. The zero-order valence-electron chi connectivity index (χ0n) is 9.92. The third-order valence-corrected chi connectivity index (χ3v) is 2.73. The molecule has 0 radical (unpaired) electrons. The summed E-state index contributed by atoms with van der Waals surface area (Å²) in [4.78, 5) is 4.42. The molecule has 2 heteroatoms. The lowest BCUT2D eigenvalue weighted by molar-refractivity contribution is 0.110. The van der Waals surface area contributed by atoms with E-state index in [1.807, 2.05) is 12.3 Å². The second kappa shape index (κ2) is 4.62. The van der Waals surface area contributed by atoms with Crippen LogP contribution >= 0.6 is 0 Å². The summed E-state index contributed by atoms with van der Waals surface area (Å²) in [6.45, 7) is 9.52. The number of aromatic nitrogens is 1. The van der Waals surface area contributed by atoms with Crippen molar-refractivity contribution < 1.29 is 4.74 Å². The van der Waals surface area contributed by atoms with Crippen LogP contribution in [0.3, 0.4) is 0 Å². The van der Waals surface area contributed by atoms with Gasteiger partial charge in [0.15, 0.2) is 0 Å². The molecule has 1 aliphatic heterocycles. The number of nitrogens with zero attached hydrogens (tertiary/aromatic N) is 1. The molecule has 0 unspecified atom stereocenters. The van der Waals surface area contributed by atoms with Gasteiger partial charge in [0.25, 0.3) is 0 Å². The van der Waals surface area contributed by atoms with E-state index in [1.165, 1.54) is 22.3 Å². The standard InChI is InChI=1S/C14H17NO/c1-4-14-13(7-10(2)3)12-5-6-16-9-11(12)8-15-14/h4,7-8H,1,5-6,9H2,2-3H3. The van der Waals surface area contributed by atoms with Crippen molar-refractivity contribution in [3.63, 3.8) is 0 Å². The molecule has 84 valence electrons. The molecule has 0 saturated heterocycles. The maximum Gasteiger partial charge on any atom is 0.0734 e. The van der Waals surface area contributed by atoms with Crippen LogP contribution in [0.25, 0.3) is 12.2 Å². The van der Waals surface area contributed by atoms with Crippen LogP contribution in [0.15, 0.2) is 18.3 Å². The Morgan fingerprint density at radius 3 is 3.00 bits per heavy atom. The molecular weight excluding hydrogens is 198 g/mol. The van der Waals surface area contributed by atoms with Gasteiger partial charge in [-0.15, -0.1) is 0 Å². The van der Waals surface area contributed by atoms with Gasteiger partial charge in [-0.25, -0.2) is 0 Å². The van der Waals surface area contributed by atoms with Crippen LogP contribution in [0.2, 0.25) is 0 Å². The van der Waals surface area contributed by atoms with Gasteiger partial charge in [-0.3, -0.25) is 4.98 Å². The predicted molar refractivity (Wildman–Crippen MR) is 67.0 cm³/mol. The molecule has 0 N–H and O–H groups in total. The molecule has 2 rings (SSSR count). The monoisotopic (exact) mass is 215 g/mol. The lowest BCUT2D eigenvalue weighted by Crippen LogP contribution is -2.13. The van der Waals surface area contributed by atoms with Crippen molar-refractivity contribution in [1.29, 1.82) is 0 Å². The fraction of sp³-hybridized carbons (Fsp3) is 0.357. The van der Waals surface area contributed by atoms with Gasteiger partial charge in [-0.1, -0.05) is 18.2 Å². The van der Waals surface area contributed by atoms with E-state index in [1.54, 1.807) is 0 Å². The SMILES string of the molecule is C=Cc1ncc2c(c1C=C(C)C)CCOC2. The van der Waals surface area contributed by atoms with Gasteiger partial charge >= 0.3 is 0 Å². The number of rotatable bonds is 2. The summed E-state index contributed by atoms with van der Waals surface area (Å²) in [7, 11) is 0. The predicted octanol–water partition coefficient (Wildman–Crippen LogP) is 3.22. The largest absolute Gasteiger partial charge is 0.376 e. The molecule has 0 saturated carbocycles. The van der Waals surface area contributed by atoms with E-state index >= 15 is 0 Å². The Hall–Kier alpha value is -1.41. The van der Waals surface area contributed by atoms with Gasteiger partial charge in [0, 0.05) is 11.8 Å². The van der Waals surface area contributed by atoms with Crippen LogP contribution in [0.5, 0.6) is 0 Å². The van der Waals surface area contributed by atoms with Crippen molar-refractivity contribution in [1.82, 2.24) is 4.98 Å². The summed E-state index contributed by atoms with van der Waals surface area (Å²) in [5, 5.41) is 0. The lowest BCUT2D eigenvalue weighted by Gasteiger charge is -2.19. The Morgan fingerprint density at radius 1 is 1.50 bits per heavy atom. The van der Waals surface area contributed by atoms with Crippen LogP contribution in [-0.2, 0) is 17.8 Å². The van der Waals surface area contributed by atoms with Gasteiger partial charge in [0.2, 0.25) is 0 Å².